The highest BCUT2D eigenvalue weighted by Gasteiger charge is 2.36. The van der Waals surface area contributed by atoms with Gasteiger partial charge in [-0.3, -0.25) is 29.0 Å². The molecule has 0 saturated carbocycles. The SMILES string of the molecule is Cl.NC(=O)[C@H](Cc1c[nH]cn1)NCCCCC(=O)N(C[C@H]1CN(c2ccc(N3CCOCC3=O)cc2)C(=O)O1)C(=O)c1ccc(Cl)s1. The standard InChI is InChI=1S/C30H34ClN7O7S.ClH/c31-25-9-8-24(46-25)29(42)38(26(39)3-1-2-10-34-23(28(32)41)13-19-14-33-18-35-19)16-22-15-37(30(43)45-22)21-6-4-20(5-7-21)36-11-12-44-17-27(36)40;/h4-9,14,18,22-23,34H,1-3,10-13,15-17H2,(H2,32,41)(H,33,35);1H/t22-,23+;/m1./s1. The number of carbonyl (C=O) groups is 5. The molecular weight excluding hydrogens is 673 g/mol. The van der Waals surface area contributed by atoms with Gasteiger partial charge < -0.3 is 30.4 Å². The number of nitrogens with zero attached hydrogens (tertiary/aromatic N) is 4. The van der Waals surface area contributed by atoms with E-state index in [-0.39, 0.29) is 49.3 Å². The molecule has 47 heavy (non-hydrogen) atoms. The lowest BCUT2D eigenvalue weighted by Gasteiger charge is -2.27. The fourth-order valence-corrected chi connectivity index (χ4v) is 6.18. The number of rotatable bonds is 14. The number of morpholine rings is 1. The van der Waals surface area contributed by atoms with E-state index in [1.54, 1.807) is 47.5 Å². The molecule has 14 nitrogen and oxygen atoms in total. The monoisotopic (exact) mass is 707 g/mol. The number of amides is 5. The molecule has 0 unspecified atom stereocenters. The quantitative estimate of drug-likeness (QED) is 0.212. The smallest absolute Gasteiger partial charge is 0.414 e. The minimum atomic E-state index is -0.767. The van der Waals surface area contributed by atoms with Crippen LogP contribution in [0, 0.1) is 0 Å². The highest BCUT2D eigenvalue weighted by atomic mass is 35.5. The number of cyclic esters (lactones) is 1. The Hall–Kier alpha value is -4.02. The van der Waals surface area contributed by atoms with E-state index in [1.165, 1.54) is 11.2 Å². The molecule has 0 spiro atoms. The molecule has 2 aromatic heterocycles. The molecule has 5 amide bonds. The molecule has 0 aliphatic carbocycles. The Morgan fingerprint density at radius 3 is 2.51 bits per heavy atom. The lowest BCUT2D eigenvalue weighted by molar-refractivity contribution is -0.129. The highest BCUT2D eigenvalue weighted by Crippen LogP contribution is 2.27. The molecule has 0 radical (unpaired) electrons. The fraction of sp³-hybridized carbons (Fsp3) is 0.400. The summed E-state index contributed by atoms with van der Waals surface area (Å²) < 4.78 is 11.2. The molecule has 17 heteroatoms. The second kappa shape index (κ2) is 16.7. The number of imide groups is 1. The second-order valence-corrected chi connectivity index (χ2v) is 12.5. The van der Waals surface area contributed by atoms with Crippen LogP contribution in [0.25, 0.3) is 0 Å². The maximum atomic E-state index is 13.4. The number of thiophene rings is 1. The Labute approximate surface area is 285 Å². The van der Waals surface area contributed by atoms with Crippen LogP contribution < -0.4 is 20.9 Å². The van der Waals surface area contributed by atoms with Crippen LogP contribution in [0.4, 0.5) is 16.2 Å². The maximum absolute atomic E-state index is 13.4. The van der Waals surface area contributed by atoms with E-state index in [1.807, 2.05) is 0 Å². The lowest BCUT2D eigenvalue weighted by Crippen LogP contribution is -2.44. The van der Waals surface area contributed by atoms with E-state index in [0.29, 0.717) is 60.4 Å². The van der Waals surface area contributed by atoms with Crippen molar-refractivity contribution in [2.75, 3.05) is 49.2 Å². The first kappa shape index (κ1) is 35.8. The van der Waals surface area contributed by atoms with Crippen LogP contribution in [0.15, 0.2) is 48.9 Å². The number of H-pyrrole nitrogens is 1. The number of aromatic amines is 1. The van der Waals surface area contributed by atoms with Gasteiger partial charge in [-0.05, 0) is 55.8 Å². The van der Waals surface area contributed by atoms with E-state index in [0.717, 1.165) is 16.2 Å². The number of carbonyl (C=O) groups excluding carboxylic acids is 5. The molecule has 2 aliphatic heterocycles. The molecule has 0 bridgehead atoms. The Bertz CT molecular complexity index is 1550. The first-order valence-corrected chi connectivity index (χ1v) is 16.0. The van der Waals surface area contributed by atoms with Gasteiger partial charge in [0.1, 0.15) is 12.7 Å². The van der Waals surface area contributed by atoms with E-state index in [2.05, 4.69) is 15.3 Å². The third-order valence-corrected chi connectivity index (χ3v) is 8.79. The van der Waals surface area contributed by atoms with Crippen molar-refractivity contribution in [3.63, 3.8) is 0 Å². The summed E-state index contributed by atoms with van der Waals surface area (Å²) in [6, 6.07) is 9.45. The van der Waals surface area contributed by atoms with Gasteiger partial charge in [0.2, 0.25) is 11.8 Å². The Morgan fingerprint density at radius 2 is 1.87 bits per heavy atom. The molecular formula is C30H35Cl2N7O7S. The molecule has 2 saturated heterocycles. The van der Waals surface area contributed by atoms with Crippen molar-refractivity contribution in [3.8, 4) is 0 Å². The van der Waals surface area contributed by atoms with E-state index in [4.69, 9.17) is 26.8 Å². The summed E-state index contributed by atoms with van der Waals surface area (Å²) in [5.74, 6) is -1.60. The molecule has 2 atom stereocenters. The lowest BCUT2D eigenvalue weighted by atomic mass is 10.1. The van der Waals surface area contributed by atoms with Crippen LogP contribution in [0.1, 0.15) is 34.6 Å². The van der Waals surface area contributed by atoms with Crippen LogP contribution in [-0.4, -0.2) is 96.1 Å². The number of unbranched alkanes of at least 4 members (excludes halogenated alkanes) is 1. The number of halogens is 2. The summed E-state index contributed by atoms with van der Waals surface area (Å²) in [4.78, 5) is 75.1. The molecule has 2 aliphatic rings. The molecule has 2 fully saturated rings. The van der Waals surface area contributed by atoms with Crippen LogP contribution in [0.3, 0.4) is 0 Å². The summed E-state index contributed by atoms with van der Waals surface area (Å²) in [5, 5.41) is 3.10. The number of ether oxygens (including phenoxy) is 2. The van der Waals surface area contributed by atoms with Gasteiger partial charge in [0, 0.05) is 37.0 Å². The third-order valence-electron chi connectivity index (χ3n) is 7.57. The summed E-state index contributed by atoms with van der Waals surface area (Å²) >= 11 is 7.11. The summed E-state index contributed by atoms with van der Waals surface area (Å²) in [7, 11) is 0. The number of benzene rings is 1. The predicted molar refractivity (Wildman–Crippen MR) is 177 cm³/mol. The number of hydrogen-bond acceptors (Lipinski definition) is 10. The van der Waals surface area contributed by atoms with Crippen molar-refractivity contribution in [1.29, 1.82) is 0 Å². The Morgan fingerprint density at radius 1 is 1.13 bits per heavy atom. The van der Waals surface area contributed by atoms with Gasteiger partial charge in [-0.25, -0.2) is 9.78 Å². The minimum absolute atomic E-state index is 0. The Balaban J connectivity index is 0.00000500. The number of anilines is 2. The summed E-state index contributed by atoms with van der Waals surface area (Å²) in [5.41, 5.74) is 7.46. The molecule has 4 N–H and O–H groups in total. The van der Waals surface area contributed by atoms with Gasteiger partial charge in [-0.1, -0.05) is 11.6 Å². The van der Waals surface area contributed by atoms with Crippen molar-refractivity contribution in [2.24, 2.45) is 5.73 Å². The summed E-state index contributed by atoms with van der Waals surface area (Å²) in [6.45, 7) is 1.31. The molecule has 1 aromatic carbocycles. The largest absolute Gasteiger partial charge is 0.442 e. The van der Waals surface area contributed by atoms with Crippen molar-refractivity contribution < 1.29 is 33.4 Å². The number of hydrogen-bond donors (Lipinski definition) is 3. The van der Waals surface area contributed by atoms with Gasteiger partial charge in [-0.2, -0.15) is 0 Å². The average molecular weight is 709 g/mol. The van der Waals surface area contributed by atoms with Crippen molar-refractivity contribution in [1.82, 2.24) is 20.2 Å². The highest BCUT2D eigenvalue weighted by molar-refractivity contribution is 7.18. The predicted octanol–water partition coefficient (Wildman–Crippen LogP) is 2.76. The average Bonchev–Trinajstić information content (AvgIpc) is 3.81. The topological polar surface area (TPSA) is 180 Å². The molecule has 5 rings (SSSR count). The number of nitrogens with two attached hydrogens (primary N) is 1. The van der Waals surface area contributed by atoms with E-state index >= 15 is 0 Å². The number of imidazole rings is 1. The van der Waals surface area contributed by atoms with Crippen LogP contribution in [-0.2, 0) is 30.3 Å². The fourth-order valence-electron chi connectivity index (χ4n) is 5.19. The maximum Gasteiger partial charge on any atom is 0.414 e. The minimum Gasteiger partial charge on any atom is -0.442 e. The van der Waals surface area contributed by atoms with Crippen LogP contribution >= 0.6 is 35.3 Å². The van der Waals surface area contributed by atoms with E-state index in [9.17, 15) is 24.0 Å². The zero-order chi connectivity index (χ0) is 32.6. The van der Waals surface area contributed by atoms with Gasteiger partial charge >= 0.3 is 6.09 Å². The second-order valence-electron chi connectivity index (χ2n) is 10.8. The van der Waals surface area contributed by atoms with Crippen LogP contribution in [0.5, 0.6) is 0 Å². The summed E-state index contributed by atoms with van der Waals surface area (Å²) in [6.07, 6.45) is 3.20. The molecule has 4 heterocycles. The van der Waals surface area contributed by atoms with Gasteiger partial charge in [-0.15, -0.1) is 23.7 Å². The first-order chi connectivity index (χ1) is 22.2. The Kier molecular flexibility index (Phi) is 12.7. The van der Waals surface area contributed by atoms with Crippen molar-refractivity contribution in [3.05, 3.63) is 63.8 Å². The first-order valence-electron chi connectivity index (χ1n) is 14.8. The van der Waals surface area contributed by atoms with Crippen molar-refractivity contribution >= 4 is 76.4 Å². The number of primary amides is 1. The number of aromatic nitrogens is 2. The molecule has 3 aromatic rings. The van der Waals surface area contributed by atoms with Gasteiger partial charge in [0.15, 0.2) is 0 Å². The number of nitrogens with one attached hydrogen (secondary N) is 2. The van der Waals surface area contributed by atoms with E-state index < -0.39 is 36.0 Å². The van der Waals surface area contributed by atoms with Crippen molar-refractivity contribution in [2.45, 2.75) is 37.8 Å². The zero-order valence-electron chi connectivity index (χ0n) is 25.3. The van der Waals surface area contributed by atoms with Gasteiger partial charge in [0.05, 0.1) is 47.0 Å². The van der Waals surface area contributed by atoms with Crippen LogP contribution in [0.2, 0.25) is 4.34 Å². The normalized spacial score (nSPS) is 16.8. The third kappa shape index (κ3) is 9.29. The van der Waals surface area contributed by atoms with Gasteiger partial charge in [0.25, 0.3) is 11.8 Å². The molecule has 252 valence electrons. The zero-order valence-corrected chi connectivity index (χ0v) is 27.7.